The number of hydrogen-bond donors (Lipinski definition) is 2. The van der Waals surface area contributed by atoms with Crippen LogP contribution in [0.1, 0.15) is 35.2 Å². The molecule has 7 nitrogen and oxygen atoms in total. The van der Waals surface area contributed by atoms with Gasteiger partial charge >= 0.3 is 6.03 Å². The van der Waals surface area contributed by atoms with Crippen LogP contribution in [-0.4, -0.2) is 54.5 Å². The molecule has 0 atom stereocenters. The first-order valence-corrected chi connectivity index (χ1v) is 10.6. The molecule has 2 aromatic rings. The van der Waals surface area contributed by atoms with E-state index in [0.29, 0.717) is 12.1 Å². The van der Waals surface area contributed by atoms with E-state index >= 15 is 0 Å². The molecule has 0 unspecified atom stereocenters. The van der Waals surface area contributed by atoms with E-state index in [9.17, 15) is 9.59 Å². The van der Waals surface area contributed by atoms with Gasteiger partial charge in [0.25, 0.3) is 0 Å². The number of hydrogen-bond acceptors (Lipinski definition) is 4. The number of rotatable bonds is 5. The average molecular weight is 408 g/mol. The number of pyridine rings is 1. The zero-order valence-electron chi connectivity index (χ0n) is 17.2. The lowest BCUT2D eigenvalue weighted by atomic mass is 9.78. The molecule has 4 rings (SSSR count). The first-order valence-electron chi connectivity index (χ1n) is 10.6. The highest BCUT2D eigenvalue weighted by Crippen LogP contribution is 2.41. The Labute approximate surface area is 177 Å². The maximum absolute atomic E-state index is 12.6. The zero-order valence-corrected chi connectivity index (χ0v) is 17.2. The molecule has 2 aliphatic rings. The molecule has 2 aliphatic heterocycles. The fourth-order valence-corrected chi connectivity index (χ4v) is 4.52. The molecular formula is C23H29N5O2. The number of anilines is 1. The SMILES string of the molecule is NC(=O)c1ccc(N2CCC3(CCN(C(=O)NCCc4ccccc4)C3)CC2)nc1. The van der Waals surface area contributed by atoms with Crippen molar-refractivity contribution in [1.82, 2.24) is 15.2 Å². The van der Waals surface area contributed by atoms with Crippen molar-refractivity contribution in [3.8, 4) is 0 Å². The van der Waals surface area contributed by atoms with Gasteiger partial charge in [0, 0.05) is 38.9 Å². The summed E-state index contributed by atoms with van der Waals surface area (Å²) >= 11 is 0. The van der Waals surface area contributed by atoms with E-state index in [1.807, 2.05) is 29.2 Å². The standard InChI is InChI=1S/C23H29N5O2/c24-21(29)19-6-7-20(26-16-19)27-13-9-23(10-14-27)11-15-28(17-23)22(30)25-12-8-18-4-2-1-3-5-18/h1-7,16H,8-15,17H2,(H2,24,29)(H,25,30). The van der Waals surface area contributed by atoms with Crippen molar-refractivity contribution in [2.45, 2.75) is 25.7 Å². The minimum absolute atomic E-state index is 0.0499. The summed E-state index contributed by atoms with van der Waals surface area (Å²) in [6.07, 6.45) is 5.53. The van der Waals surface area contributed by atoms with Crippen molar-refractivity contribution < 1.29 is 9.59 Å². The number of nitrogens with zero attached hydrogens (tertiary/aromatic N) is 3. The maximum atomic E-state index is 12.6. The number of amides is 3. The Hall–Kier alpha value is -3.09. The molecule has 0 bridgehead atoms. The molecular weight excluding hydrogens is 378 g/mol. The molecule has 1 aromatic carbocycles. The van der Waals surface area contributed by atoms with Crippen LogP contribution in [0, 0.1) is 5.41 Å². The lowest BCUT2D eigenvalue weighted by Gasteiger charge is -2.39. The summed E-state index contributed by atoms with van der Waals surface area (Å²) in [7, 11) is 0. The predicted molar refractivity (Wildman–Crippen MR) is 116 cm³/mol. The summed E-state index contributed by atoms with van der Waals surface area (Å²) < 4.78 is 0. The number of urea groups is 1. The number of carbonyl (C=O) groups excluding carboxylic acids is 2. The van der Waals surface area contributed by atoms with Crippen LogP contribution in [0.3, 0.4) is 0 Å². The first-order chi connectivity index (χ1) is 14.5. The van der Waals surface area contributed by atoms with Gasteiger partial charge in [-0.2, -0.15) is 0 Å². The average Bonchev–Trinajstić information content (AvgIpc) is 3.19. The minimum atomic E-state index is -0.459. The van der Waals surface area contributed by atoms with Gasteiger partial charge in [0.2, 0.25) is 5.91 Å². The van der Waals surface area contributed by atoms with Gasteiger partial charge in [-0.25, -0.2) is 9.78 Å². The highest BCUT2D eigenvalue weighted by atomic mass is 16.2. The van der Waals surface area contributed by atoms with Crippen molar-refractivity contribution in [1.29, 1.82) is 0 Å². The number of primary amides is 1. The van der Waals surface area contributed by atoms with Gasteiger partial charge < -0.3 is 20.9 Å². The van der Waals surface area contributed by atoms with E-state index in [2.05, 4.69) is 27.3 Å². The van der Waals surface area contributed by atoms with Crippen molar-refractivity contribution in [2.24, 2.45) is 11.1 Å². The normalized spacial score (nSPS) is 17.9. The fourth-order valence-electron chi connectivity index (χ4n) is 4.52. The van der Waals surface area contributed by atoms with Crippen molar-refractivity contribution in [2.75, 3.05) is 37.6 Å². The van der Waals surface area contributed by atoms with E-state index in [1.165, 1.54) is 5.56 Å². The Morgan fingerprint density at radius 2 is 1.77 bits per heavy atom. The van der Waals surface area contributed by atoms with E-state index < -0.39 is 5.91 Å². The number of benzene rings is 1. The predicted octanol–water partition coefficient (Wildman–Crippen LogP) is 2.43. The first kappa shape index (κ1) is 20.2. The molecule has 1 aromatic heterocycles. The second-order valence-electron chi connectivity index (χ2n) is 8.40. The Kier molecular flexibility index (Phi) is 5.88. The van der Waals surface area contributed by atoms with Gasteiger partial charge in [-0.15, -0.1) is 0 Å². The third-order valence-electron chi connectivity index (χ3n) is 6.44. The molecule has 3 amide bonds. The van der Waals surface area contributed by atoms with Crippen LogP contribution in [0.2, 0.25) is 0 Å². The van der Waals surface area contributed by atoms with Crippen molar-refractivity contribution in [3.05, 3.63) is 59.8 Å². The third-order valence-corrected chi connectivity index (χ3v) is 6.44. The summed E-state index contributed by atoms with van der Waals surface area (Å²) in [5.41, 5.74) is 7.16. The summed E-state index contributed by atoms with van der Waals surface area (Å²) in [4.78, 5) is 32.4. The van der Waals surface area contributed by atoms with Gasteiger partial charge in [0.05, 0.1) is 5.56 Å². The monoisotopic (exact) mass is 407 g/mol. The van der Waals surface area contributed by atoms with Crippen LogP contribution >= 0.6 is 0 Å². The number of nitrogens with one attached hydrogen (secondary N) is 1. The summed E-state index contributed by atoms with van der Waals surface area (Å²) in [5.74, 6) is 0.420. The topological polar surface area (TPSA) is 91.6 Å². The van der Waals surface area contributed by atoms with Gasteiger partial charge in [-0.05, 0) is 48.8 Å². The lowest BCUT2D eigenvalue weighted by molar-refractivity contribution is 0.1000. The van der Waals surface area contributed by atoms with E-state index in [4.69, 9.17) is 5.73 Å². The van der Waals surface area contributed by atoms with Crippen molar-refractivity contribution >= 4 is 17.8 Å². The van der Waals surface area contributed by atoms with Crippen molar-refractivity contribution in [3.63, 3.8) is 0 Å². The summed E-state index contributed by atoms with van der Waals surface area (Å²) in [6.45, 7) is 4.13. The highest BCUT2D eigenvalue weighted by Gasteiger charge is 2.42. The number of nitrogens with two attached hydrogens (primary N) is 1. The van der Waals surface area contributed by atoms with Crippen LogP contribution in [0.15, 0.2) is 48.7 Å². The molecule has 7 heteroatoms. The van der Waals surface area contributed by atoms with Crippen LogP contribution in [0.25, 0.3) is 0 Å². The zero-order chi connectivity index (χ0) is 21.0. The molecule has 158 valence electrons. The van der Waals surface area contributed by atoms with Gasteiger partial charge in [-0.1, -0.05) is 30.3 Å². The van der Waals surface area contributed by atoms with E-state index in [0.717, 1.165) is 57.7 Å². The van der Waals surface area contributed by atoms with E-state index in [-0.39, 0.29) is 11.4 Å². The molecule has 3 N–H and O–H groups in total. The largest absolute Gasteiger partial charge is 0.366 e. The lowest BCUT2D eigenvalue weighted by Crippen LogP contribution is -2.44. The molecule has 0 aliphatic carbocycles. The Bertz CT molecular complexity index is 876. The third kappa shape index (κ3) is 4.56. The quantitative estimate of drug-likeness (QED) is 0.796. The molecule has 2 fully saturated rings. The molecule has 0 saturated carbocycles. The number of likely N-dealkylation sites (tertiary alicyclic amines) is 1. The Balaban J connectivity index is 1.25. The van der Waals surface area contributed by atoms with Gasteiger partial charge in [0.1, 0.15) is 5.82 Å². The number of aromatic nitrogens is 1. The minimum Gasteiger partial charge on any atom is -0.366 e. The number of carbonyl (C=O) groups is 2. The Morgan fingerprint density at radius 3 is 2.43 bits per heavy atom. The second-order valence-corrected chi connectivity index (χ2v) is 8.40. The van der Waals surface area contributed by atoms with Crippen LogP contribution in [-0.2, 0) is 6.42 Å². The molecule has 3 heterocycles. The Morgan fingerprint density at radius 1 is 1.03 bits per heavy atom. The second kappa shape index (κ2) is 8.73. The van der Waals surface area contributed by atoms with Gasteiger partial charge in [0.15, 0.2) is 0 Å². The van der Waals surface area contributed by atoms with Crippen LogP contribution in [0.4, 0.5) is 10.6 Å². The van der Waals surface area contributed by atoms with Crippen LogP contribution < -0.4 is 16.0 Å². The molecule has 30 heavy (non-hydrogen) atoms. The summed E-state index contributed by atoms with van der Waals surface area (Å²) in [6, 6.07) is 13.9. The molecule has 0 radical (unpaired) electrons. The van der Waals surface area contributed by atoms with E-state index in [1.54, 1.807) is 12.3 Å². The maximum Gasteiger partial charge on any atom is 0.317 e. The highest BCUT2D eigenvalue weighted by molar-refractivity contribution is 5.92. The summed E-state index contributed by atoms with van der Waals surface area (Å²) in [5, 5.41) is 3.07. The number of piperidine rings is 1. The smallest absolute Gasteiger partial charge is 0.317 e. The molecule has 1 spiro atoms. The molecule has 2 saturated heterocycles. The fraction of sp³-hybridized carbons (Fsp3) is 0.435. The van der Waals surface area contributed by atoms with Gasteiger partial charge in [-0.3, -0.25) is 4.79 Å². The van der Waals surface area contributed by atoms with Crippen LogP contribution in [0.5, 0.6) is 0 Å².